The summed E-state index contributed by atoms with van der Waals surface area (Å²) in [6, 6.07) is 6.77. The van der Waals surface area contributed by atoms with E-state index in [1.165, 1.54) is 6.92 Å². The van der Waals surface area contributed by atoms with Crippen LogP contribution >= 0.6 is 0 Å². The Morgan fingerprint density at radius 1 is 1.08 bits per heavy atom. The average molecular weight is 382 g/mol. The summed E-state index contributed by atoms with van der Waals surface area (Å²) >= 11 is 0. The van der Waals surface area contributed by atoms with E-state index in [-0.39, 0.29) is 24.0 Å². The SMILES string of the molecule is CC(=O)N[C@@H](CC(C)C)C(=O)N[C@H](CC[S@@](=O)c1ccccc1)C(=O)O. The number of rotatable bonds is 10. The highest BCUT2D eigenvalue weighted by Gasteiger charge is 2.26. The molecule has 0 unspecified atom stereocenters. The summed E-state index contributed by atoms with van der Waals surface area (Å²) in [5.74, 6) is -1.85. The minimum Gasteiger partial charge on any atom is -0.480 e. The quantitative estimate of drug-likeness (QED) is 0.565. The zero-order chi connectivity index (χ0) is 19.7. The highest BCUT2D eigenvalue weighted by atomic mass is 32.2. The highest BCUT2D eigenvalue weighted by molar-refractivity contribution is 7.85. The van der Waals surface area contributed by atoms with E-state index in [1.54, 1.807) is 30.3 Å². The van der Waals surface area contributed by atoms with Crippen LogP contribution in [0.3, 0.4) is 0 Å². The Labute approximate surface area is 156 Å². The molecule has 0 aromatic heterocycles. The Balaban J connectivity index is 2.70. The Morgan fingerprint density at radius 3 is 2.19 bits per heavy atom. The lowest BCUT2D eigenvalue weighted by atomic mass is 10.0. The number of hydrogen-bond acceptors (Lipinski definition) is 4. The van der Waals surface area contributed by atoms with Crippen molar-refractivity contribution in [2.75, 3.05) is 5.75 Å². The molecule has 1 rings (SSSR count). The normalized spacial score (nSPS) is 14.3. The lowest BCUT2D eigenvalue weighted by Gasteiger charge is -2.22. The van der Waals surface area contributed by atoms with Crippen LogP contribution in [0.5, 0.6) is 0 Å². The van der Waals surface area contributed by atoms with Crippen molar-refractivity contribution in [2.24, 2.45) is 5.92 Å². The molecule has 7 nitrogen and oxygen atoms in total. The van der Waals surface area contributed by atoms with Crippen molar-refractivity contribution in [2.45, 2.75) is 50.6 Å². The molecule has 3 atom stereocenters. The van der Waals surface area contributed by atoms with Crippen LogP contribution in [-0.2, 0) is 25.2 Å². The number of benzene rings is 1. The second-order valence-corrected chi connectivity index (χ2v) is 8.00. The summed E-state index contributed by atoms with van der Waals surface area (Å²) in [5, 5.41) is 14.3. The molecule has 0 saturated carbocycles. The first-order valence-electron chi connectivity index (χ1n) is 8.44. The summed E-state index contributed by atoms with van der Waals surface area (Å²) in [4.78, 5) is 35.7. The van der Waals surface area contributed by atoms with Gasteiger partial charge in [0.25, 0.3) is 0 Å². The minimum atomic E-state index is -1.35. The number of aliphatic carboxylic acids is 1. The molecule has 0 saturated heterocycles. The van der Waals surface area contributed by atoms with Gasteiger partial charge >= 0.3 is 5.97 Å². The van der Waals surface area contributed by atoms with Crippen LogP contribution in [0.15, 0.2) is 35.2 Å². The second-order valence-electron chi connectivity index (χ2n) is 6.43. The molecule has 0 aliphatic carbocycles. The number of carbonyl (C=O) groups is 3. The van der Waals surface area contributed by atoms with Crippen LogP contribution in [0.1, 0.15) is 33.6 Å². The van der Waals surface area contributed by atoms with Gasteiger partial charge in [0.2, 0.25) is 11.8 Å². The van der Waals surface area contributed by atoms with Crippen molar-refractivity contribution in [3.05, 3.63) is 30.3 Å². The molecule has 0 aliphatic heterocycles. The first-order valence-corrected chi connectivity index (χ1v) is 9.76. The first-order chi connectivity index (χ1) is 12.2. The largest absolute Gasteiger partial charge is 0.480 e. The molecular formula is C18H26N2O5S. The molecule has 0 bridgehead atoms. The molecule has 0 fully saturated rings. The molecule has 2 amide bonds. The average Bonchev–Trinajstić information content (AvgIpc) is 2.57. The van der Waals surface area contributed by atoms with E-state index in [4.69, 9.17) is 0 Å². The van der Waals surface area contributed by atoms with E-state index < -0.39 is 34.8 Å². The molecule has 0 spiro atoms. The Morgan fingerprint density at radius 2 is 1.69 bits per heavy atom. The summed E-state index contributed by atoms with van der Waals surface area (Å²) in [7, 11) is -1.35. The van der Waals surface area contributed by atoms with Gasteiger partial charge in [0, 0.05) is 17.6 Å². The van der Waals surface area contributed by atoms with Gasteiger partial charge in [0.1, 0.15) is 12.1 Å². The third-order valence-electron chi connectivity index (χ3n) is 3.61. The van der Waals surface area contributed by atoms with Crippen LogP contribution in [0.2, 0.25) is 0 Å². The standard InChI is InChI=1S/C18H26N2O5S/c1-12(2)11-16(19-13(3)21)17(22)20-15(18(23)24)9-10-26(25)14-7-5-4-6-8-14/h4-8,12,15-16H,9-11H2,1-3H3,(H,19,21)(H,20,22)(H,23,24)/t15-,16+,26-/m1/s1. The molecule has 8 heteroatoms. The number of hydrogen-bond donors (Lipinski definition) is 3. The second kappa shape index (κ2) is 10.7. The van der Waals surface area contributed by atoms with E-state index in [0.29, 0.717) is 11.3 Å². The van der Waals surface area contributed by atoms with Crippen molar-refractivity contribution in [1.82, 2.24) is 10.6 Å². The van der Waals surface area contributed by atoms with E-state index in [1.807, 2.05) is 13.8 Å². The van der Waals surface area contributed by atoms with E-state index >= 15 is 0 Å². The molecule has 0 heterocycles. The van der Waals surface area contributed by atoms with Crippen LogP contribution in [0.4, 0.5) is 0 Å². The van der Waals surface area contributed by atoms with Crippen LogP contribution in [-0.4, -0.2) is 44.9 Å². The lowest BCUT2D eigenvalue weighted by molar-refractivity contribution is -0.142. The van der Waals surface area contributed by atoms with Crippen LogP contribution < -0.4 is 10.6 Å². The van der Waals surface area contributed by atoms with Gasteiger partial charge < -0.3 is 15.7 Å². The van der Waals surface area contributed by atoms with Gasteiger partial charge in [-0.1, -0.05) is 32.0 Å². The fourth-order valence-electron chi connectivity index (χ4n) is 2.39. The molecular weight excluding hydrogens is 356 g/mol. The maximum Gasteiger partial charge on any atom is 0.326 e. The molecule has 144 valence electrons. The summed E-state index contributed by atoms with van der Waals surface area (Å²) in [5.41, 5.74) is 0. The molecule has 0 aliphatic rings. The highest BCUT2D eigenvalue weighted by Crippen LogP contribution is 2.09. The van der Waals surface area contributed by atoms with Crippen molar-refractivity contribution < 1.29 is 23.7 Å². The third-order valence-corrected chi connectivity index (χ3v) is 5.02. The van der Waals surface area contributed by atoms with E-state index in [2.05, 4.69) is 10.6 Å². The van der Waals surface area contributed by atoms with Gasteiger partial charge in [-0.25, -0.2) is 4.79 Å². The smallest absolute Gasteiger partial charge is 0.326 e. The first kappa shape index (κ1) is 21.8. The number of carboxylic acids is 1. The third kappa shape index (κ3) is 7.77. The zero-order valence-corrected chi connectivity index (χ0v) is 16.0. The van der Waals surface area contributed by atoms with Gasteiger partial charge in [-0.3, -0.25) is 13.8 Å². The number of carbonyl (C=O) groups excluding carboxylic acids is 2. The van der Waals surface area contributed by atoms with Crippen molar-refractivity contribution in [1.29, 1.82) is 0 Å². The molecule has 1 aromatic carbocycles. The van der Waals surface area contributed by atoms with Crippen molar-refractivity contribution in [3.63, 3.8) is 0 Å². The molecule has 1 aromatic rings. The monoisotopic (exact) mass is 382 g/mol. The molecule has 26 heavy (non-hydrogen) atoms. The minimum absolute atomic E-state index is 0.0248. The Hall–Kier alpha value is -2.22. The summed E-state index contributed by atoms with van der Waals surface area (Å²) in [6.07, 6.45) is 0.421. The van der Waals surface area contributed by atoms with Crippen LogP contribution in [0.25, 0.3) is 0 Å². The molecule has 0 radical (unpaired) electrons. The van der Waals surface area contributed by atoms with Crippen molar-refractivity contribution >= 4 is 28.6 Å². The maximum absolute atomic E-state index is 12.4. The lowest BCUT2D eigenvalue weighted by Crippen LogP contribution is -2.52. The predicted octanol–water partition coefficient (Wildman–Crippen LogP) is 1.30. The van der Waals surface area contributed by atoms with Crippen LogP contribution in [0, 0.1) is 5.92 Å². The molecule has 3 N–H and O–H groups in total. The Bertz CT molecular complexity index is 648. The fraction of sp³-hybridized carbons (Fsp3) is 0.500. The summed E-state index contributed by atoms with van der Waals surface area (Å²) < 4.78 is 12.2. The van der Waals surface area contributed by atoms with Gasteiger partial charge in [-0.2, -0.15) is 0 Å². The topological polar surface area (TPSA) is 113 Å². The number of nitrogens with one attached hydrogen (secondary N) is 2. The zero-order valence-electron chi connectivity index (χ0n) is 15.2. The number of carboxylic acid groups (broad SMARTS) is 1. The van der Waals surface area contributed by atoms with Gasteiger partial charge in [-0.15, -0.1) is 0 Å². The van der Waals surface area contributed by atoms with E-state index in [0.717, 1.165) is 0 Å². The maximum atomic E-state index is 12.4. The van der Waals surface area contributed by atoms with Gasteiger partial charge in [0.15, 0.2) is 0 Å². The fourth-order valence-corrected chi connectivity index (χ4v) is 3.54. The Kier molecular flexibility index (Phi) is 8.98. The van der Waals surface area contributed by atoms with E-state index in [9.17, 15) is 23.7 Å². The number of amides is 2. The summed E-state index contributed by atoms with van der Waals surface area (Å²) in [6.45, 7) is 5.11. The van der Waals surface area contributed by atoms with Gasteiger partial charge in [0.05, 0.1) is 10.8 Å². The van der Waals surface area contributed by atoms with Gasteiger partial charge in [-0.05, 0) is 30.9 Å². The van der Waals surface area contributed by atoms with Crippen molar-refractivity contribution in [3.8, 4) is 0 Å². The predicted molar refractivity (Wildman–Crippen MR) is 99.0 cm³/mol.